The Hall–Kier alpha value is -4.73. The van der Waals surface area contributed by atoms with E-state index < -0.39 is 5.82 Å². The van der Waals surface area contributed by atoms with Gasteiger partial charge in [-0.05, 0) is 61.0 Å². The van der Waals surface area contributed by atoms with Gasteiger partial charge < -0.3 is 14.4 Å². The number of nitrogens with zero attached hydrogens (tertiary/aromatic N) is 4. The van der Waals surface area contributed by atoms with Crippen LogP contribution in [0.15, 0.2) is 76.2 Å². The lowest BCUT2D eigenvalue weighted by Crippen LogP contribution is -2.28. The van der Waals surface area contributed by atoms with Crippen molar-refractivity contribution in [2.75, 3.05) is 0 Å². The van der Waals surface area contributed by atoms with Crippen molar-refractivity contribution in [2.24, 2.45) is 0 Å². The highest BCUT2D eigenvalue weighted by atomic mass is 19.1. The van der Waals surface area contributed by atoms with Gasteiger partial charge in [-0.3, -0.25) is 9.59 Å². The molecule has 0 aliphatic carbocycles. The number of nitrogens with one attached hydrogen (secondary N) is 1. The van der Waals surface area contributed by atoms with Gasteiger partial charge >= 0.3 is 0 Å². The zero-order chi connectivity index (χ0) is 25.2. The van der Waals surface area contributed by atoms with E-state index in [0.717, 1.165) is 5.56 Å². The van der Waals surface area contributed by atoms with E-state index in [2.05, 4.69) is 20.4 Å². The van der Waals surface area contributed by atoms with Gasteiger partial charge in [0, 0.05) is 24.0 Å². The number of fused-ring (bicyclic) bond motifs is 1. The van der Waals surface area contributed by atoms with Crippen LogP contribution < -0.4 is 10.7 Å². The Kier molecular flexibility index (Phi) is 6.07. The van der Waals surface area contributed by atoms with Gasteiger partial charge in [0.1, 0.15) is 29.4 Å². The van der Waals surface area contributed by atoms with Crippen molar-refractivity contribution in [3.05, 3.63) is 100.0 Å². The van der Waals surface area contributed by atoms with Gasteiger partial charge in [-0.1, -0.05) is 17.3 Å². The topological polar surface area (TPSA) is 103 Å². The fourth-order valence-electron chi connectivity index (χ4n) is 3.70. The zero-order valence-electron chi connectivity index (χ0n) is 19.0. The zero-order valence-corrected chi connectivity index (χ0v) is 19.0. The number of aromatic nitrogens is 4. The van der Waals surface area contributed by atoms with Crippen LogP contribution in [0.5, 0.6) is 0 Å². The maximum Gasteiger partial charge on any atom is 0.263 e. The third-order valence-corrected chi connectivity index (χ3v) is 5.54. The first-order valence-electron chi connectivity index (χ1n) is 11.0. The van der Waals surface area contributed by atoms with Crippen LogP contribution in [0, 0.1) is 18.6 Å². The van der Waals surface area contributed by atoms with Gasteiger partial charge in [0.2, 0.25) is 17.2 Å². The summed E-state index contributed by atoms with van der Waals surface area (Å²) in [5, 5.41) is 6.97. The minimum absolute atomic E-state index is 0.0396. The van der Waals surface area contributed by atoms with Crippen molar-refractivity contribution in [1.82, 2.24) is 25.0 Å². The average Bonchev–Trinajstić information content (AvgIpc) is 3.36. The van der Waals surface area contributed by atoms with Crippen LogP contribution in [-0.2, 0) is 17.9 Å². The standard InChI is InChI=1S/C26H19F2N5O3/c1-15-2-11-20-23(35)21(26-31-24(32-36-26)17-5-9-19(28)10-6-17)13-33(25(20)30-15)14-22(34)29-12-16-3-7-18(27)8-4-16/h2-11,13H,12,14H2,1H3,(H,29,34). The summed E-state index contributed by atoms with van der Waals surface area (Å²) in [6, 6.07) is 14.7. The molecular formula is C26H19F2N5O3. The van der Waals surface area contributed by atoms with Gasteiger partial charge in [0.05, 0.1) is 5.39 Å². The monoisotopic (exact) mass is 487 g/mol. The molecule has 0 saturated carbocycles. The van der Waals surface area contributed by atoms with Crippen LogP contribution in [-0.4, -0.2) is 25.6 Å². The summed E-state index contributed by atoms with van der Waals surface area (Å²) in [4.78, 5) is 34.7. The minimum atomic E-state index is -0.402. The SMILES string of the molecule is Cc1ccc2c(=O)c(-c3nc(-c4ccc(F)cc4)no3)cn(CC(=O)NCc3ccc(F)cc3)c2n1. The van der Waals surface area contributed by atoms with E-state index in [0.29, 0.717) is 16.9 Å². The molecule has 1 N–H and O–H groups in total. The highest BCUT2D eigenvalue weighted by Crippen LogP contribution is 2.22. The Morgan fingerprint density at radius 3 is 2.39 bits per heavy atom. The molecule has 0 bridgehead atoms. The lowest BCUT2D eigenvalue weighted by molar-refractivity contribution is -0.121. The quantitative estimate of drug-likeness (QED) is 0.388. The maximum absolute atomic E-state index is 13.3. The predicted octanol–water partition coefficient (Wildman–Crippen LogP) is 4.02. The van der Waals surface area contributed by atoms with Gasteiger partial charge in [0.15, 0.2) is 0 Å². The molecule has 0 radical (unpaired) electrons. The number of aryl methyl sites for hydroxylation is 1. The smallest absolute Gasteiger partial charge is 0.263 e. The fourth-order valence-corrected chi connectivity index (χ4v) is 3.70. The molecular weight excluding hydrogens is 468 g/mol. The van der Waals surface area contributed by atoms with E-state index in [-0.39, 0.29) is 52.9 Å². The molecule has 3 heterocycles. The molecule has 8 nitrogen and oxygen atoms in total. The first-order chi connectivity index (χ1) is 17.4. The van der Waals surface area contributed by atoms with Gasteiger partial charge in [0.25, 0.3) is 5.89 Å². The Bertz CT molecular complexity index is 1630. The maximum atomic E-state index is 13.3. The summed E-state index contributed by atoms with van der Waals surface area (Å²) < 4.78 is 33.3. The second-order valence-electron chi connectivity index (χ2n) is 8.16. The van der Waals surface area contributed by atoms with Crippen LogP contribution in [0.2, 0.25) is 0 Å². The van der Waals surface area contributed by atoms with Crippen molar-refractivity contribution in [2.45, 2.75) is 20.0 Å². The van der Waals surface area contributed by atoms with E-state index >= 15 is 0 Å². The lowest BCUT2D eigenvalue weighted by Gasteiger charge is -2.12. The summed E-state index contributed by atoms with van der Waals surface area (Å²) in [5.74, 6) is -0.948. The van der Waals surface area contributed by atoms with Crippen LogP contribution in [0.1, 0.15) is 11.3 Å². The molecule has 0 atom stereocenters. The Balaban J connectivity index is 1.48. The number of carbonyl (C=O) groups excluding carboxylic acids is 1. The third kappa shape index (κ3) is 4.74. The lowest BCUT2D eigenvalue weighted by atomic mass is 10.1. The van der Waals surface area contributed by atoms with Crippen LogP contribution in [0.3, 0.4) is 0 Å². The molecule has 0 saturated heterocycles. The minimum Gasteiger partial charge on any atom is -0.350 e. The van der Waals surface area contributed by atoms with Crippen LogP contribution in [0.25, 0.3) is 33.9 Å². The van der Waals surface area contributed by atoms with Gasteiger partial charge in [-0.25, -0.2) is 13.8 Å². The van der Waals surface area contributed by atoms with E-state index in [1.807, 2.05) is 0 Å². The Morgan fingerprint density at radius 2 is 1.67 bits per heavy atom. The normalized spacial score (nSPS) is 11.1. The van der Waals surface area contributed by atoms with Crippen molar-refractivity contribution < 1.29 is 18.1 Å². The highest BCUT2D eigenvalue weighted by Gasteiger charge is 2.19. The van der Waals surface area contributed by atoms with E-state index in [4.69, 9.17) is 4.52 Å². The highest BCUT2D eigenvalue weighted by molar-refractivity contribution is 5.83. The average molecular weight is 487 g/mol. The number of pyridine rings is 2. The molecule has 0 aliphatic heterocycles. The molecule has 0 aliphatic rings. The number of hydrogen-bond acceptors (Lipinski definition) is 6. The second-order valence-corrected chi connectivity index (χ2v) is 8.16. The molecule has 180 valence electrons. The molecule has 5 aromatic rings. The van der Waals surface area contributed by atoms with Crippen molar-refractivity contribution in [1.29, 1.82) is 0 Å². The second kappa shape index (κ2) is 9.49. The van der Waals surface area contributed by atoms with Gasteiger partial charge in [-0.2, -0.15) is 4.98 Å². The molecule has 0 unspecified atom stereocenters. The summed E-state index contributed by atoms with van der Waals surface area (Å²) in [5.41, 5.74) is 1.98. The number of rotatable bonds is 6. The first kappa shape index (κ1) is 23.0. The number of carbonyl (C=O) groups is 1. The van der Waals surface area contributed by atoms with E-state index in [1.54, 1.807) is 35.8 Å². The molecule has 36 heavy (non-hydrogen) atoms. The molecule has 5 rings (SSSR count). The molecule has 0 spiro atoms. The Labute approximate surface area is 203 Å². The van der Waals surface area contributed by atoms with Crippen LogP contribution in [0.4, 0.5) is 8.78 Å². The number of amides is 1. The summed E-state index contributed by atoms with van der Waals surface area (Å²) >= 11 is 0. The molecule has 0 fully saturated rings. The van der Waals surface area contributed by atoms with E-state index in [9.17, 15) is 18.4 Å². The molecule has 10 heteroatoms. The van der Waals surface area contributed by atoms with Crippen LogP contribution >= 0.6 is 0 Å². The van der Waals surface area contributed by atoms with Gasteiger partial charge in [-0.15, -0.1) is 0 Å². The third-order valence-electron chi connectivity index (χ3n) is 5.54. The number of benzene rings is 2. The summed E-state index contributed by atoms with van der Waals surface area (Å²) in [7, 11) is 0. The van der Waals surface area contributed by atoms with Crippen molar-refractivity contribution >= 4 is 16.9 Å². The molecule has 2 aromatic carbocycles. The molecule has 1 amide bonds. The van der Waals surface area contributed by atoms with E-state index in [1.165, 1.54) is 42.6 Å². The fraction of sp³-hybridized carbons (Fsp3) is 0.115. The van der Waals surface area contributed by atoms with Crippen molar-refractivity contribution in [3.63, 3.8) is 0 Å². The number of hydrogen-bond donors (Lipinski definition) is 1. The Morgan fingerprint density at radius 1 is 0.972 bits per heavy atom. The molecule has 3 aromatic heterocycles. The number of halogens is 2. The first-order valence-corrected chi connectivity index (χ1v) is 11.0. The largest absolute Gasteiger partial charge is 0.350 e. The van der Waals surface area contributed by atoms with Crippen molar-refractivity contribution in [3.8, 4) is 22.8 Å². The summed E-state index contributed by atoms with van der Waals surface area (Å²) in [6.45, 7) is 1.85. The predicted molar refractivity (Wildman–Crippen MR) is 128 cm³/mol. The summed E-state index contributed by atoms with van der Waals surface area (Å²) in [6.07, 6.45) is 1.45.